The summed E-state index contributed by atoms with van der Waals surface area (Å²) in [4.78, 5) is 25.0. The Balaban J connectivity index is 1.98. The normalized spacial score (nSPS) is 22.8. The van der Waals surface area contributed by atoms with Crippen molar-refractivity contribution in [2.75, 3.05) is 13.1 Å². The van der Waals surface area contributed by atoms with Gasteiger partial charge in [-0.3, -0.25) is 4.79 Å². The summed E-state index contributed by atoms with van der Waals surface area (Å²) < 4.78 is 10.4. The maximum atomic E-state index is 11.9. The van der Waals surface area contributed by atoms with Crippen LogP contribution in [0.25, 0.3) is 0 Å². The summed E-state index contributed by atoms with van der Waals surface area (Å²) in [5, 5.41) is 0. The highest BCUT2D eigenvalue weighted by atomic mass is 16.7. The number of rotatable bonds is 2. The van der Waals surface area contributed by atoms with Crippen LogP contribution in [0.15, 0.2) is 11.8 Å². The van der Waals surface area contributed by atoms with Crippen LogP contribution in [-0.4, -0.2) is 35.7 Å². The van der Waals surface area contributed by atoms with Gasteiger partial charge >= 0.3 is 5.97 Å². The molecule has 94 valence electrons. The molecule has 2 aliphatic heterocycles. The monoisotopic (exact) mass is 239 g/mol. The molecular weight excluding hydrogens is 222 g/mol. The molecule has 0 aromatic carbocycles. The van der Waals surface area contributed by atoms with Gasteiger partial charge in [0.1, 0.15) is 5.76 Å². The van der Waals surface area contributed by atoms with E-state index >= 15 is 0 Å². The number of hydrogen-bond acceptors (Lipinski definition) is 4. The van der Waals surface area contributed by atoms with Crippen LogP contribution in [0.4, 0.5) is 0 Å². The summed E-state index contributed by atoms with van der Waals surface area (Å²) in [5.74, 6) is -1.03. The van der Waals surface area contributed by atoms with Gasteiger partial charge in [-0.2, -0.15) is 0 Å². The van der Waals surface area contributed by atoms with Gasteiger partial charge < -0.3 is 14.4 Å². The first-order valence-electron chi connectivity index (χ1n) is 5.87. The summed E-state index contributed by atoms with van der Waals surface area (Å²) >= 11 is 0. The highest BCUT2D eigenvalue weighted by Gasteiger charge is 2.31. The molecule has 0 saturated carbocycles. The van der Waals surface area contributed by atoms with Crippen molar-refractivity contribution in [3.63, 3.8) is 0 Å². The summed E-state index contributed by atoms with van der Waals surface area (Å²) in [6.07, 6.45) is 3.50. The van der Waals surface area contributed by atoms with Gasteiger partial charge in [-0.25, -0.2) is 4.79 Å². The summed E-state index contributed by atoms with van der Waals surface area (Å²) in [5.41, 5.74) is 0. The molecule has 1 amide bonds. The molecule has 0 radical (unpaired) electrons. The van der Waals surface area contributed by atoms with Crippen LogP contribution in [0.5, 0.6) is 0 Å². The van der Waals surface area contributed by atoms with Gasteiger partial charge in [-0.15, -0.1) is 0 Å². The minimum Gasteiger partial charge on any atom is -0.456 e. The van der Waals surface area contributed by atoms with Crippen LogP contribution in [-0.2, 0) is 19.1 Å². The van der Waals surface area contributed by atoms with Crippen molar-refractivity contribution in [1.82, 2.24) is 4.90 Å². The molecule has 0 N–H and O–H groups in total. The van der Waals surface area contributed by atoms with Crippen molar-refractivity contribution >= 4 is 11.9 Å². The lowest BCUT2D eigenvalue weighted by molar-refractivity contribution is -0.206. The second-order valence-electron chi connectivity index (χ2n) is 4.80. The van der Waals surface area contributed by atoms with E-state index in [0.717, 1.165) is 25.9 Å². The van der Waals surface area contributed by atoms with Gasteiger partial charge in [0.2, 0.25) is 11.7 Å². The first-order chi connectivity index (χ1) is 7.96. The standard InChI is InChI=1S/C12H17NO4/c1-12(2)16-9(8-11(15)17-12)7-10(14)13-5-3-4-6-13/h8H,3-7H2,1-2H3. The Kier molecular flexibility index (Phi) is 3.09. The molecule has 2 heterocycles. The van der Waals surface area contributed by atoms with Gasteiger partial charge in [0.25, 0.3) is 0 Å². The number of nitrogens with zero attached hydrogens (tertiary/aromatic N) is 1. The molecular formula is C12H17NO4. The maximum absolute atomic E-state index is 11.9. The van der Waals surface area contributed by atoms with Crippen molar-refractivity contribution in [2.45, 2.75) is 38.9 Å². The Hall–Kier alpha value is -1.52. The molecule has 0 bridgehead atoms. The number of carbonyl (C=O) groups excluding carboxylic acids is 2. The molecule has 0 unspecified atom stereocenters. The fraction of sp³-hybridized carbons (Fsp3) is 0.667. The fourth-order valence-electron chi connectivity index (χ4n) is 2.08. The van der Waals surface area contributed by atoms with E-state index in [4.69, 9.17) is 9.47 Å². The minimum atomic E-state index is -0.980. The summed E-state index contributed by atoms with van der Waals surface area (Å²) in [6, 6.07) is 0. The lowest BCUT2D eigenvalue weighted by atomic mass is 10.2. The molecule has 0 atom stereocenters. The lowest BCUT2D eigenvalue weighted by Crippen LogP contribution is -2.36. The van der Waals surface area contributed by atoms with E-state index in [0.29, 0.717) is 5.76 Å². The molecule has 1 fully saturated rings. The van der Waals surface area contributed by atoms with E-state index < -0.39 is 11.8 Å². The number of ether oxygens (including phenoxy) is 2. The molecule has 2 aliphatic rings. The molecule has 5 nitrogen and oxygen atoms in total. The van der Waals surface area contributed by atoms with Crippen molar-refractivity contribution in [3.05, 3.63) is 11.8 Å². The molecule has 0 spiro atoms. The highest BCUT2D eigenvalue weighted by molar-refractivity contribution is 5.86. The molecule has 0 aromatic heterocycles. The number of carbonyl (C=O) groups is 2. The quantitative estimate of drug-likeness (QED) is 0.679. The van der Waals surface area contributed by atoms with Crippen molar-refractivity contribution < 1.29 is 19.1 Å². The smallest absolute Gasteiger partial charge is 0.337 e. The van der Waals surface area contributed by atoms with E-state index in [2.05, 4.69) is 0 Å². The second-order valence-corrected chi connectivity index (χ2v) is 4.80. The number of likely N-dealkylation sites (tertiary alicyclic amines) is 1. The first kappa shape index (κ1) is 12.0. The van der Waals surface area contributed by atoms with Crippen LogP contribution in [0, 0.1) is 0 Å². The van der Waals surface area contributed by atoms with Gasteiger partial charge in [-0.1, -0.05) is 0 Å². The Morgan fingerprint density at radius 2 is 2.00 bits per heavy atom. The van der Waals surface area contributed by atoms with Gasteiger partial charge in [0.15, 0.2) is 0 Å². The van der Waals surface area contributed by atoms with E-state index in [1.165, 1.54) is 6.08 Å². The number of cyclic esters (lactones) is 1. The zero-order chi connectivity index (χ0) is 12.5. The predicted molar refractivity (Wildman–Crippen MR) is 59.8 cm³/mol. The molecule has 0 aliphatic carbocycles. The average Bonchev–Trinajstić information content (AvgIpc) is 2.65. The second kappa shape index (κ2) is 4.39. The Labute approximate surface area is 100 Å². The van der Waals surface area contributed by atoms with Gasteiger partial charge in [-0.05, 0) is 12.8 Å². The van der Waals surface area contributed by atoms with Crippen LogP contribution >= 0.6 is 0 Å². The third-order valence-electron chi connectivity index (χ3n) is 2.79. The van der Waals surface area contributed by atoms with Crippen LogP contribution in [0.1, 0.15) is 33.1 Å². The average molecular weight is 239 g/mol. The molecule has 5 heteroatoms. The summed E-state index contributed by atoms with van der Waals surface area (Å²) in [7, 11) is 0. The number of amides is 1. The van der Waals surface area contributed by atoms with Crippen molar-refractivity contribution in [2.24, 2.45) is 0 Å². The highest BCUT2D eigenvalue weighted by Crippen LogP contribution is 2.24. The lowest BCUT2D eigenvalue weighted by Gasteiger charge is -2.30. The Morgan fingerprint density at radius 3 is 2.59 bits per heavy atom. The summed E-state index contributed by atoms with van der Waals surface area (Å²) in [6.45, 7) is 4.91. The molecule has 1 saturated heterocycles. The van der Waals surface area contributed by atoms with Crippen LogP contribution in [0.3, 0.4) is 0 Å². The number of esters is 1. The topological polar surface area (TPSA) is 55.8 Å². The Morgan fingerprint density at radius 1 is 1.35 bits per heavy atom. The van der Waals surface area contributed by atoms with E-state index in [1.54, 1.807) is 18.7 Å². The van der Waals surface area contributed by atoms with Crippen LogP contribution < -0.4 is 0 Å². The minimum absolute atomic E-state index is 0.0132. The van der Waals surface area contributed by atoms with Crippen LogP contribution in [0.2, 0.25) is 0 Å². The van der Waals surface area contributed by atoms with E-state index in [1.807, 2.05) is 0 Å². The first-order valence-corrected chi connectivity index (χ1v) is 5.87. The molecule has 2 rings (SSSR count). The molecule has 17 heavy (non-hydrogen) atoms. The predicted octanol–water partition coefficient (Wildman–Crippen LogP) is 1.19. The van der Waals surface area contributed by atoms with E-state index in [9.17, 15) is 9.59 Å². The third-order valence-corrected chi connectivity index (χ3v) is 2.79. The fourth-order valence-corrected chi connectivity index (χ4v) is 2.08. The zero-order valence-electron chi connectivity index (χ0n) is 10.2. The zero-order valence-corrected chi connectivity index (χ0v) is 10.2. The van der Waals surface area contributed by atoms with Crippen molar-refractivity contribution in [3.8, 4) is 0 Å². The third kappa shape index (κ3) is 2.99. The molecule has 0 aromatic rings. The maximum Gasteiger partial charge on any atom is 0.337 e. The van der Waals surface area contributed by atoms with Gasteiger partial charge in [0.05, 0.1) is 12.5 Å². The van der Waals surface area contributed by atoms with E-state index in [-0.39, 0.29) is 12.3 Å². The van der Waals surface area contributed by atoms with Gasteiger partial charge in [0, 0.05) is 26.9 Å². The Bertz CT molecular complexity index is 367. The largest absolute Gasteiger partial charge is 0.456 e. The SMILES string of the molecule is CC1(C)OC(=O)C=C(CC(=O)N2CCCC2)O1. The number of hydrogen-bond donors (Lipinski definition) is 0. The van der Waals surface area contributed by atoms with Crippen molar-refractivity contribution in [1.29, 1.82) is 0 Å².